The van der Waals surface area contributed by atoms with Gasteiger partial charge in [-0.15, -0.1) is 0 Å². The third kappa shape index (κ3) is 4.12. The Balaban J connectivity index is 1.65. The van der Waals surface area contributed by atoms with Crippen molar-refractivity contribution in [3.05, 3.63) is 41.0 Å². The average Bonchev–Trinajstić information content (AvgIpc) is 2.57. The maximum atomic E-state index is 5.56. The minimum Gasteiger partial charge on any atom is -0.315 e. The third-order valence-corrected chi connectivity index (χ3v) is 5.32. The molecule has 1 fully saturated rings. The van der Waals surface area contributed by atoms with Gasteiger partial charge in [0.05, 0.1) is 12.2 Å². The van der Waals surface area contributed by atoms with Gasteiger partial charge in [-0.05, 0) is 68.9 Å². The monoisotopic (exact) mass is 330 g/mol. The quantitative estimate of drug-likeness (QED) is 0.654. The molecule has 1 aromatic carbocycles. The summed E-state index contributed by atoms with van der Waals surface area (Å²) >= 11 is 5.56. The summed E-state index contributed by atoms with van der Waals surface area (Å²) in [4.78, 5) is 3.83. The lowest BCUT2D eigenvalue weighted by Crippen LogP contribution is -3.17. The van der Waals surface area contributed by atoms with Gasteiger partial charge in [0.1, 0.15) is 0 Å². The molecule has 1 aliphatic heterocycles. The van der Waals surface area contributed by atoms with Gasteiger partial charge >= 0.3 is 0 Å². The maximum Gasteiger partial charge on any atom is 0.182 e. The van der Waals surface area contributed by atoms with Crippen molar-refractivity contribution in [2.24, 2.45) is 0 Å². The molecule has 1 aliphatic carbocycles. The molecule has 2 N–H and O–H groups in total. The molecule has 0 spiro atoms. The van der Waals surface area contributed by atoms with Crippen LogP contribution in [0, 0.1) is 13.8 Å². The number of benzene rings is 1. The predicted octanol–water partition coefficient (Wildman–Crippen LogP) is 2.69. The Bertz CT molecular complexity index is 609. The molecule has 2 aliphatic rings. The third-order valence-electron chi connectivity index (χ3n) is 4.96. The van der Waals surface area contributed by atoms with E-state index in [4.69, 9.17) is 12.2 Å². The lowest BCUT2D eigenvalue weighted by atomic mass is 9.97. The van der Waals surface area contributed by atoms with Gasteiger partial charge in [0.15, 0.2) is 18.4 Å². The number of allylic oxidation sites excluding steroid dienone is 1. The summed E-state index contributed by atoms with van der Waals surface area (Å²) < 4.78 is 0. The van der Waals surface area contributed by atoms with Gasteiger partial charge in [0.2, 0.25) is 0 Å². The van der Waals surface area contributed by atoms with Gasteiger partial charge in [0.25, 0.3) is 0 Å². The van der Waals surface area contributed by atoms with Crippen LogP contribution < -0.4 is 15.1 Å². The number of nitrogens with zero attached hydrogens (tertiary/aromatic N) is 1. The fourth-order valence-electron chi connectivity index (χ4n) is 3.49. The number of thiocarbonyl (C=S) groups is 1. The lowest BCUT2D eigenvalue weighted by Gasteiger charge is -2.36. The zero-order chi connectivity index (χ0) is 16.2. The van der Waals surface area contributed by atoms with E-state index in [1.165, 1.54) is 55.5 Å². The van der Waals surface area contributed by atoms with E-state index < -0.39 is 0 Å². The van der Waals surface area contributed by atoms with Gasteiger partial charge in [-0.1, -0.05) is 23.8 Å². The van der Waals surface area contributed by atoms with Crippen molar-refractivity contribution >= 4 is 23.0 Å². The zero-order valence-electron chi connectivity index (χ0n) is 14.3. The molecular weight excluding hydrogens is 302 g/mol. The highest BCUT2D eigenvalue weighted by atomic mass is 32.1. The van der Waals surface area contributed by atoms with Crippen molar-refractivity contribution in [3.63, 3.8) is 0 Å². The molecule has 1 atom stereocenters. The summed E-state index contributed by atoms with van der Waals surface area (Å²) in [5.41, 5.74) is 5.48. The smallest absolute Gasteiger partial charge is 0.182 e. The number of quaternary nitrogens is 1. The van der Waals surface area contributed by atoms with E-state index in [1.807, 2.05) is 0 Å². The summed E-state index contributed by atoms with van der Waals surface area (Å²) in [5.74, 6) is 0. The van der Waals surface area contributed by atoms with Crippen molar-refractivity contribution in [1.82, 2.24) is 5.32 Å². The Morgan fingerprint density at radius 1 is 1.26 bits per heavy atom. The normalized spacial score (nSPS) is 21.8. The first-order valence-corrected chi connectivity index (χ1v) is 9.18. The molecular formula is C19H28N3S+. The molecule has 1 saturated heterocycles. The molecule has 3 rings (SSSR count). The molecule has 1 heterocycles. The summed E-state index contributed by atoms with van der Waals surface area (Å²) in [7, 11) is 0. The van der Waals surface area contributed by atoms with Crippen LogP contribution in [-0.4, -0.2) is 25.0 Å². The number of nitrogens with one attached hydrogen (secondary N) is 2. The zero-order valence-corrected chi connectivity index (χ0v) is 15.1. The maximum absolute atomic E-state index is 5.56. The van der Waals surface area contributed by atoms with Gasteiger partial charge in [0, 0.05) is 6.42 Å². The summed E-state index contributed by atoms with van der Waals surface area (Å²) in [6.45, 7) is 7.39. The topological polar surface area (TPSA) is 19.7 Å². The van der Waals surface area contributed by atoms with Crippen molar-refractivity contribution in [2.75, 3.05) is 24.8 Å². The molecule has 0 bridgehead atoms. The fourth-order valence-corrected chi connectivity index (χ4v) is 3.72. The van der Waals surface area contributed by atoms with Crippen LogP contribution in [0.4, 0.5) is 5.69 Å². The molecule has 0 radical (unpaired) electrons. The number of anilines is 1. The van der Waals surface area contributed by atoms with E-state index in [0.717, 1.165) is 18.4 Å². The first-order valence-electron chi connectivity index (χ1n) is 8.77. The Labute approximate surface area is 145 Å². The second kappa shape index (κ2) is 7.45. The molecule has 3 nitrogen and oxygen atoms in total. The standard InChI is InChI=1S/C19H27N3S/c1-15-8-9-16(2)18(12-15)22-14-21(13-20-19(22)23)11-10-17-6-4-3-5-7-17/h6,8-9,12H,3-5,7,10-11,13-14H2,1-2H3,(H,20,23)/p+1. The van der Waals surface area contributed by atoms with Crippen molar-refractivity contribution < 1.29 is 4.90 Å². The summed E-state index contributed by atoms with van der Waals surface area (Å²) in [6.07, 6.45) is 9.02. The molecule has 0 aromatic heterocycles. The van der Waals surface area contributed by atoms with Crippen molar-refractivity contribution in [2.45, 2.75) is 46.0 Å². The highest BCUT2D eigenvalue weighted by Gasteiger charge is 2.25. The van der Waals surface area contributed by atoms with E-state index >= 15 is 0 Å². The number of hydrogen-bond acceptors (Lipinski definition) is 1. The van der Waals surface area contributed by atoms with Gasteiger partial charge < -0.3 is 10.2 Å². The summed E-state index contributed by atoms with van der Waals surface area (Å²) in [5, 5.41) is 4.28. The second-order valence-corrected chi connectivity index (χ2v) is 7.28. The van der Waals surface area contributed by atoms with Gasteiger partial charge in [-0.2, -0.15) is 0 Å². The number of aryl methyl sites for hydroxylation is 2. The van der Waals surface area contributed by atoms with Crippen LogP contribution in [0.15, 0.2) is 29.8 Å². The first kappa shape index (κ1) is 16.5. The molecule has 0 saturated carbocycles. The van der Waals surface area contributed by atoms with Crippen LogP contribution in [-0.2, 0) is 0 Å². The molecule has 1 unspecified atom stereocenters. The van der Waals surface area contributed by atoms with E-state index in [1.54, 1.807) is 10.5 Å². The molecule has 124 valence electrons. The van der Waals surface area contributed by atoms with Crippen molar-refractivity contribution in [1.29, 1.82) is 0 Å². The first-order chi connectivity index (χ1) is 11.1. The fraction of sp³-hybridized carbons (Fsp3) is 0.526. The highest BCUT2D eigenvalue weighted by molar-refractivity contribution is 7.80. The number of rotatable bonds is 4. The Morgan fingerprint density at radius 3 is 2.91 bits per heavy atom. The van der Waals surface area contributed by atoms with Gasteiger partial charge in [-0.3, -0.25) is 4.90 Å². The predicted molar refractivity (Wildman–Crippen MR) is 101 cm³/mol. The minimum atomic E-state index is 0.860. The van der Waals surface area contributed by atoms with Crippen molar-refractivity contribution in [3.8, 4) is 0 Å². The molecule has 1 aromatic rings. The Hall–Kier alpha value is -1.39. The van der Waals surface area contributed by atoms with Crippen LogP contribution in [0.3, 0.4) is 0 Å². The van der Waals surface area contributed by atoms with E-state index in [0.29, 0.717) is 0 Å². The molecule has 23 heavy (non-hydrogen) atoms. The van der Waals surface area contributed by atoms with Crippen LogP contribution in [0.25, 0.3) is 0 Å². The minimum absolute atomic E-state index is 0.860. The largest absolute Gasteiger partial charge is 0.315 e. The van der Waals surface area contributed by atoms with Crippen LogP contribution in [0.5, 0.6) is 0 Å². The number of hydrogen-bond donors (Lipinski definition) is 2. The second-order valence-electron chi connectivity index (χ2n) is 6.89. The SMILES string of the molecule is Cc1ccc(C)c(N2C[NH+](CCC3=CCCCC3)CNC2=S)c1. The Morgan fingerprint density at radius 2 is 2.13 bits per heavy atom. The Kier molecular flexibility index (Phi) is 5.34. The highest BCUT2D eigenvalue weighted by Crippen LogP contribution is 2.22. The average molecular weight is 331 g/mol. The van der Waals surface area contributed by atoms with Gasteiger partial charge in [-0.25, -0.2) is 0 Å². The van der Waals surface area contributed by atoms with Crippen LogP contribution in [0.1, 0.15) is 43.2 Å². The summed E-state index contributed by atoms with van der Waals surface area (Å²) in [6, 6.07) is 6.60. The van der Waals surface area contributed by atoms with E-state index in [-0.39, 0.29) is 0 Å². The van der Waals surface area contributed by atoms with Crippen LogP contribution in [0.2, 0.25) is 0 Å². The molecule has 4 heteroatoms. The molecule has 0 amide bonds. The lowest BCUT2D eigenvalue weighted by molar-refractivity contribution is -0.902. The van der Waals surface area contributed by atoms with E-state index in [2.05, 4.69) is 48.3 Å². The van der Waals surface area contributed by atoms with Crippen LogP contribution >= 0.6 is 12.2 Å². The van der Waals surface area contributed by atoms with E-state index in [9.17, 15) is 0 Å².